The van der Waals surface area contributed by atoms with Crippen molar-refractivity contribution in [1.82, 2.24) is 9.03 Å². The molecule has 0 saturated heterocycles. The van der Waals surface area contributed by atoms with Crippen molar-refractivity contribution in [3.63, 3.8) is 0 Å². The minimum absolute atomic E-state index is 0.259. The third-order valence-corrected chi connectivity index (χ3v) is 12.9. The highest BCUT2D eigenvalue weighted by molar-refractivity contribution is 7.94. The number of sulfonamides is 2. The van der Waals surface area contributed by atoms with E-state index < -0.39 is 20.0 Å². The maximum absolute atomic E-state index is 13.2. The van der Waals surface area contributed by atoms with Crippen molar-refractivity contribution in [1.29, 1.82) is 0 Å². The first-order valence-corrected chi connectivity index (χ1v) is 20.6. The predicted molar refractivity (Wildman–Crippen MR) is 204 cm³/mol. The molecule has 3 aromatic carbocycles. The molecule has 0 bridgehead atoms. The number of hydrogen-bond donors (Lipinski definition) is 1. The molecule has 3 aromatic rings. The van der Waals surface area contributed by atoms with Crippen LogP contribution in [0, 0.1) is 62.3 Å². The van der Waals surface area contributed by atoms with Gasteiger partial charge < -0.3 is 0 Å². The molecular formula is C38H56N2O7S3. The zero-order valence-electron chi connectivity index (χ0n) is 31.6. The van der Waals surface area contributed by atoms with Crippen molar-refractivity contribution in [2.24, 2.45) is 0 Å². The van der Waals surface area contributed by atoms with Crippen LogP contribution in [0.2, 0.25) is 0 Å². The first-order chi connectivity index (χ1) is 23.5. The van der Waals surface area contributed by atoms with E-state index in [2.05, 4.69) is 49.6 Å². The highest BCUT2D eigenvalue weighted by Gasteiger charge is 2.26. The number of hydrogen-bond acceptors (Lipinski definition) is 8. The summed E-state index contributed by atoms with van der Waals surface area (Å²) in [6.45, 7) is 22.6. The van der Waals surface area contributed by atoms with Crippen molar-refractivity contribution < 1.29 is 31.1 Å². The summed E-state index contributed by atoms with van der Waals surface area (Å²) in [6.07, 6.45) is 5.98. The van der Waals surface area contributed by atoms with Gasteiger partial charge in [0.25, 0.3) is 0 Å². The van der Waals surface area contributed by atoms with E-state index in [1.807, 2.05) is 71.0 Å². The number of benzene rings is 3. The number of allylic oxidation sites excluding steroid dienone is 1. The molecule has 0 heterocycles. The standard InChI is InChI=1S/C24H36N2O4S2.C14H20O3S/c1-8-26(32(29,30)24-21(6)15-18(3)16-22(24)7)12-10-9-11-25-31(27,28)23-19(4)13-17(2)14-20(23)5;1-5-6-7-8-15-16-17-18-14-12(3)9-11(2)10-13(14)4/h13-16,25H,8-12H2,1-7H3;6-7,9-10H,5,8H2,1-4H3/b;7-6+. The van der Waals surface area contributed by atoms with Crippen molar-refractivity contribution >= 4 is 32.1 Å². The number of nitrogens with zero attached hydrogens (tertiary/aromatic N) is 1. The van der Waals surface area contributed by atoms with Gasteiger partial charge in [0, 0.05) is 24.5 Å². The SMILES string of the molecule is CC/C=C/COOOSc1c(C)cc(C)cc1C.CCN(CCCCNS(=O)(=O)c1c(C)cc(C)cc1C)S(=O)(=O)c1c(C)cc(C)cc1C. The van der Waals surface area contributed by atoms with Crippen molar-refractivity contribution in [3.05, 3.63) is 98.6 Å². The molecule has 3 rings (SSSR count). The molecule has 0 spiro atoms. The summed E-state index contributed by atoms with van der Waals surface area (Å²) in [7, 11) is -7.22. The molecule has 0 radical (unpaired) electrons. The van der Waals surface area contributed by atoms with Crippen molar-refractivity contribution in [3.8, 4) is 0 Å². The van der Waals surface area contributed by atoms with Gasteiger partial charge in [-0.25, -0.2) is 26.4 Å². The second kappa shape index (κ2) is 20.5. The van der Waals surface area contributed by atoms with Crippen LogP contribution in [0.15, 0.2) is 63.2 Å². The Morgan fingerprint density at radius 1 is 0.680 bits per heavy atom. The maximum atomic E-state index is 13.2. The number of rotatable bonds is 17. The van der Waals surface area contributed by atoms with E-state index in [4.69, 9.17) is 9.22 Å². The highest BCUT2D eigenvalue weighted by Crippen LogP contribution is 2.29. The minimum atomic E-state index is -3.61. The summed E-state index contributed by atoms with van der Waals surface area (Å²) < 4.78 is 61.1. The summed E-state index contributed by atoms with van der Waals surface area (Å²) in [5, 5.41) is 4.64. The van der Waals surface area contributed by atoms with Crippen LogP contribution in [0.4, 0.5) is 0 Å². The summed E-state index contributed by atoms with van der Waals surface area (Å²) in [6, 6.07) is 11.7. The monoisotopic (exact) mass is 748 g/mol. The van der Waals surface area contributed by atoms with Crippen LogP contribution in [-0.2, 0) is 34.3 Å². The van der Waals surface area contributed by atoms with E-state index >= 15 is 0 Å². The van der Waals surface area contributed by atoms with Gasteiger partial charge in [-0.15, -0.1) is 4.33 Å². The van der Waals surface area contributed by atoms with Crippen LogP contribution >= 0.6 is 12.0 Å². The van der Waals surface area contributed by atoms with Crippen LogP contribution in [-0.4, -0.2) is 47.4 Å². The molecule has 278 valence electrons. The molecular weight excluding hydrogens is 693 g/mol. The van der Waals surface area contributed by atoms with Crippen LogP contribution in [0.3, 0.4) is 0 Å². The quantitative estimate of drug-likeness (QED) is 0.0480. The molecule has 0 amide bonds. The van der Waals surface area contributed by atoms with Crippen molar-refractivity contribution in [2.75, 3.05) is 26.2 Å². The molecule has 0 aromatic heterocycles. The lowest BCUT2D eigenvalue weighted by atomic mass is 10.1. The predicted octanol–water partition coefficient (Wildman–Crippen LogP) is 8.77. The van der Waals surface area contributed by atoms with E-state index in [1.54, 1.807) is 13.8 Å². The lowest BCUT2D eigenvalue weighted by molar-refractivity contribution is -0.455. The zero-order chi connectivity index (χ0) is 37.6. The van der Waals surface area contributed by atoms with Gasteiger partial charge >= 0.3 is 0 Å². The molecule has 0 atom stereocenters. The third-order valence-electron chi connectivity index (χ3n) is 7.92. The van der Waals surface area contributed by atoms with E-state index in [0.29, 0.717) is 42.3 Å². The lowest BCUT2D eigenvalue weighted by Crippen LogP contribution is -2.33. The summed E-state index contributed by atoms with van der Waals surface area (Å²) >= 11 is 1.17. The first kappa shape index (κ1) is 43.6. The molecule has 0 aliphatic heterocycles. The Bertz CT molecular complexity index is 1750. The molecule has 9 nitrogen and oxygen atoms in total. The van der Waals surface area contributed by atoms with E-state index in [0.717, 1.165) is 44.7 Å². The molecule has 0 fully saturated rings. The van der Waals surface area contributed by atoms with Crippen LogP contribution < -0.4 is 4.72 Å². The zero-order valence-corrected chi connectivity index (χ0v) is 34.0. The second-order valence-electron chi connectivity index (χ2n) is 12.7. The molecule has 0 aliphatic carbocycles. The number of nitrogens with one attached hydrogen (secondary N) is 1. The van der Waals surface area contributed by atoms with Gasteiger partial charge in [-0.2, -0.15) is 4.31 Å². The summed E-state index contributed by atoms with van der Waals surface area (Å²) in [4.78, 5) is 6.59. The fraction of sp³-hybridized carbons (Fsp3) is 0.474. The Morgan fingerprint density at radius 3 is 1.64 bits per heavy atom. The Labute approximate surface area is 306 Å². The average molecular weight is 749 g/mol. The molecule has 0 aliphatic rings. The number of unbranched alkanes of at least 4 members (excludes halogenated alkanes) is 1. The first-order valence-electron chi connectivity index (χ1n) is 17.0. The molecule has 1 N–H and O–H groups in total. The van der Waals surface area contributed by atoms with E-state index in [-0.39, 0.29) is 6.54 Å². The van der Waals surface area contributed by atoms with Gasteiger partial charge in [-0.3, -0.25) is 0 Å². The fourth-order valence-electron chi connectivity index (χ4n) is 6.10. The van der Waals surface area contributed by atoms with Gasteiger partial charge in [0.1, 0.15) is 6.61 Å². The molecule has 12 heteroatoms. The third kappa shape index (κ3) is 12.9. The average Bonchev–Trinajstić information content (AvgIpc) is 2.98. The Morgan fingerprint density at radius 2 is 1.16 bits per heavy atom. The molecule has 0 saturated carbocycles. The van der Waals surface area contributed by atoms with Crippen LogP contribution in [0.1, 0.15) is 83.2 Å². The van der Waals surface area contributed by atoms with E-state index in [9.17, 15) is 16.8 Å². The van der Waals surface area contributed by atoms with Gasteiger partial charge in [-0.05, 0) is 115 Å². The maximum Gasteiger partial charge on any atom is 0.243 e. The van der Waals surface area contributed by atoms with Crippen molar-refractivity contribution in [2.45, 2.75) is 110 Å². The smallest absolute Gasteiger partial charge is 0.211 e. The van der Waals surface area contributed by atoms with E-state index in [1.165, 1.54) is 33.0 Å². The summed E-state index contributed by atoms with van der Waals surface area (Å²) in [5.41, 5.74) is 8.60. The van der Waals surface area contributed by atoms with Crippen LogP contribution in [0.5, 0.6) is 0 Å². The Balaban J connectivity index is 0.000000407. The topological polar surface area (TPSA) is 111 Å². The lowest BCUT2D eigenvalue weighted by Gasteiger charge is -2.23. The minimum Gasteiger partial charge on any atom is -0.211 e. The molecule has 50 heavy (non-hydrogen) atoms. The summed E-state index contributed by atoms with van der Waals surface area (Å²) in [5.74, 6) is 0. The Kier molecular flexibility index (Phi) is 17.9. The van der Waals surface area contributed by atoms with Gasteiger partial charge in [-0.1, -0.05) is 84.1 Å². The highest BCUT2D eigenvalue weighted by atomic mass is 32.2. The second-order valence-corrected chi connectivity index (χ2v) is 17.0. The van der Waals surface area contributed by atoms with Gasteiger partial charge in [0.2, 0.25) is 20.0 Å². The molecule has 0 unspecified atom stereocenters. The Hall–Kier alpha value is -2.55. The number of aryl methyl sites for hydroxylation is 9. The van der Waals surface area contributed by atoms with Gasteiger partial charge in [0.15, 0.2) is 0 Å². The van der Waals surface area contributed by atoms with Gasteiger partial charge in [0.05, 0.1) is 21.8 Å². The normalized spacial score (nSPS) is 12.1. The largest absolute Gasteiger partial charge is 0.243 e. The van der Waals surface area contributed by atoms with Crippen LogP contribution in [0.25, 0.3) is 0 Å². The fourth-order valence-corrected chi connectivity index (χ4v) is 10.0.